The maximum Gasteiger partial charge on any atom is 0.317 e. The van der Waals surface area contributed by atoms with Crippen LogP contribution in [0.5, 0.6) is 0 Å². The van der Waals surface area contributed by atoms with E-state index in [0.717, 1.165) is 17.1 Å². The SMILES string of the molecule is C#Cc1cccc(CN2CCN(CC(=O)O)CCN(Cc3cccc(CCN=[N+]=[N-])n3)CCN(CC(=O)O)CC2)n1. The Hall–Kier alpha value is -4.05. The summed E-state index contributed by atoms with van der Waals surface area (Å²) in [4.78, 5) is 43.5. The second-order valence-electron chi connectivity index (χ2n) is 9.88. The Morgan fingerprint density at radius 1 is 0.805 bits per heavy atom. The molecule has 0 radical (unpaired) electrons. The summed E-state index contributed by atoms with van der Waals surface area (Å²) in [6.45, 7) is 5.68. The average molecular weight is 564 g/mol. The lowest BCUT2D eigenvalue weighted by molar-refractivity contribution is -0.139. The van der Waals surface area contributed by atoms with E-state index in [4.69, 9.17) is 16.9 Å². The van der Waals surface area contributed by atoms with E-state index in [0.29, 0.717) is 84.1 Å². The highest BCUT2D eigenvalue weighted by Gasteiger charge is 2.20. The summed E-state index contributed by atoms with van der Waals surface area (Å²) in [5.41, 5.74) is 11.6. The lowest BCUT2D eigenvalue weighted by Gasteiger charge is -2.33. The molecule has 2 N–H and O–H groups in total. The summed E-state index contributed by atoms with van der Waals surface area (Å²) in [5, 5.41) is 22.7. The minimum absolute atomic E-state index is 0.0786. The molecule has 1 saturated heterocycles. The number of hydrogen-bond acceptors (Lipinski definition) is 9. The van der Waals surface area contributed by atoms with Gasteiger partial charge in [-0.15, -0.1) is 6.42 Å². The predicted molar refractivity (Wildman–Crippen MR) is 153 cm³/mol. The molecule has 1 aliphatic heterocycles. The topological polar surface area (TPSA) is 162 Å². The number of terminal acetylenes is 1. The van der Waals surface area contributed by atoms with Crippen LogP contribution in [0, 0.1) is 12.3 Å². The van der Waals surface area contributed by atoms with Gasteiger partial charge in [-0.2, -0.15) is 0 Å². The molecular weight excluding hydrogens is 526 g/mol. The molecule has 13 nitrogen and oxygen atoms in total. The average Bonchev–Trinajstić information content (AvgIpc) is 2.94. The predicted octanol–water partition coefficient (Wildman–Crippen LogP) is 1.40. The monoisotopic (exact) mass is 563 g/mol. The highest BCUT2D eigenvalue weighted by Crippen LogP contribution is 2.09. The van der Waals surface area contributed by atoms with E-state index in [1.807, 2.05) is 40.1 Å². The van der Waals surface area contributed by atoms with Gasteiger partial charge in [0.2, 0.25) is 0 Å². The van der Waals surface area contributed by atoms with Crippen LogP contribution < -0.4 is 0 Å². The number of carboxylic acids is 2. The third kappa shape index (κ3) is 11.9. The second kappa shape index (κ2) is 16.9. The first-order chi connectivity index (χ1) is 19.8. The first kappa shape index (κ1) is 31.5. The lowest BCUT2D eigenvalue weighted by atomic mass is 10.2. The Morgan fingerprint density at radius 2 is 1.27 bits per heavy atom. The summed E-state index contributed by atoms with van der Waals surface area (Å²) < 4.78 is 0. The smallest absolute Gasteiger partial charge is 0.317 e. The van der Waals surface area contributed by atoms with Gasteiger partial charge in [0.1, 0.15) is 5.69 Å². The molecule has 0 spiro atoms. The first-order valence-electron chi connectivity index (χ1n) is 13.6. The van der Waals surface area contributed by atoms with Gasteiger partial charge >= 0.3 is 11.9 Å². The molecule has 0 aliphatic carbocycles. The number of rotatable bonds is 11. The number of carbonyl (C=O) groups is 2. The van der Waals surface area contributed by atoms with Gasteiger partial charge in [0.05, 0.1) is 24.5 Å². The molecule has 0 saturated carbocycles. The maximum atomic E-state index is 11.6. The molecule has 218 valence electrons. The number of pyridine rings is 2. The molecule has 3 heterocycles. The van der Waals surface area contributed by atoms with Crippen LogP contribution in [0.4, 0.5) is 0 Å². The minimum Gasteiger partial charge on any atom is -0.480 e. The standard InChI is InChI=1S/C28H37N9O4/c1-2-23-5-3-7-25(31-23)19-34-11-15-36(21-27(38)39)17-13-35(14-18-37(16-12-34)22-28(40)41)20-26-8-4-6-24(32-26)9-10-30-33-29/h1,3-8H,9-22H2,(H,38,39)(H,40,41). The molecule has 0 bridgehead atoms. The van der Waals surface area contributed by atoms with E-state index >= 15 is 0 Å². The molecule has 0 aromatic carbocycles. The summed E-state index contributed by atoms with van der Waals surface area (Å²) >= 11 is 0. The fourth-order valence-electron chi connectivity index (χ4n) is 4.67. The van der Waals surface area contributed by atoms with Gasteiger partial charge in [-0.1, -0.05) is 23.2 Å². The van der Waals surface area contributed by atoms with E-state index in [1.165, 1.54) is 0 Å². The van der Waals surface area contributed by atoms with Crippen molar-refractivity contribution in [1.29, 1.82) is 0 Å². The molecule has 41 heavy (non-hydrogen) atoms. The van der Waals surface area contributed by atoms with Crippen molar-refractivity contribution in [1.82, 2.24) is 29.6 Å². The van der Waals surface area contributed by atoms with Crippen molar-refractivity contribution < 1.29 is 19.8 Å². The van der Waals surface area contributed by atoms with Crippen LogP contribution in [0.1, 0.15) is 22.8 Å². The van der Waals surface area contributed by atoms with Crippen molar-refractivity contribution in [2.45, 2.75) is 19.5 Å². The molecule has 13 heteroatoms. The van der Waals surface area contributed by atoms with E-state index in [9.17, 15) is 19.8 Å². The quantitative estimate of drug-likeness (QED) is 0.177. The van der Waals surface area contributed by atoms with Crippen molar-refractivity contribution in [2.24, 2.45) is 5.11 Å². The minimum atomic E-state index is -0.888. The highest BCUT2D eigenvalue weighted by atomic mass is 16.4. The number of azide groups is 1. The summed E-state index contributed by atoms with van der Waals surface area (Å²) in [6.07, 6.45) is 6.05. The maximum absolute atomic E-state index is 11.6. The van der Waals surface area contributed by atoms with Crippen LogP contribution in [0.15, 0.2) is 41.5 Å². The molecule has 3 rings (SSSR count). The normalized spacial score (nSPS) is 16.6. The van der Waals surface area contributed by atoms with Gasteiger partial charge in [0.15, 0.2) is 0 Å². The van der Waals surface area contributed by atoms with Gasteiger partial charge in [-0.3, -0.25) is 34.2 Å². The Morgan fingerprint density at radius 3 is 1.76 bits per heavy atom. The van der Waals surface area contributed by atoms with Gasteiger partial charge in [0, 0.05) is 82.6 Å². The van der Waals surface area contributed by atoms with Gasteiger partial charge in [-0.25, -0.2) is 4.98 Å². The first-order valence-corrected chi connectivity index (χ1v) is 13.6. The molecule has 0 unspecified atom stereocenters. The Balaban J connectivity index is 1.76. The molecular formula is C28H37N9O4. The third-order valence-electron chi connectivity index (χ3n) is 6.77. The Kier molecular flexibility index (Phi) is 13.0. The highest BCUT2D eigenvalue weighted by molar-refractivity contribution is 5.69. The second-order valence-corrected chi connectivity index (χ2v) is 9.88. The Bertz CT molecular complexity index is 1210. The van der Waals surface area contributed by atoms with Crippen molar-refractivity contribution in [3.63, 3.8) is 0 Å². The van der Waals surface area contributed by atoms with E-state index in [-0.39, 0.29) is 13.1 Å². The van der Waals surface area contributed by atoms with Crippen LogP contribution >= 0.6 is 0 Å². The van der Waals surface area contributed by atoms with E-state index in [2.05, 4.69) is 30.7 Å². The lowest BCUT2D eigenvalue weighted by Crippen LogP contribution is -2.47. The number of nitrogens with zero attached hydrogens (tertiary/aromatic N) is 9. The third-order valence-corrected chi connectivity index (χ3v) is 6.77. The summed E-state index contributed by atoms with van der Waals surface area (Å²) in [7, 11) is 0. The zero-order chi connectivity index (χ0) is 29.5. The van der Waals surface area contributed by atoms with Crippen LogP contribution in [0.3, 0.4) is 0 Å². The van der Waals surface area contributed by atoms with E-state index < -0.39 is 11.9 Å². The molecule has 2 aromatic heterocycles. The fraction of sp³-hybridized carbons (Fsp3) is 0.500. The van der Waals surface area contributed by atoms with Gasteiger partial charge in [0.25, 0.3) is 0 Å². The van der Waals surface area contributed by atoms with Crippen LogP contribution in [-0.2, 0) is 29.1 Å². The number of aliphatic carboxylic acids is 2. The number of hydrogen-bond donors (Lipinski definition) is 2. The van der Waals surface area contributed by atoms with Crippen molar-refractivity contribution in [2.75, 3.05) is 72.0 Å². The summed E-state index contributed by atoms with van der Waals surface area (Å²) in [5.74, 6) is 0.774. The molecule has 0 amide bonds. The number of aromatic nitrogens is 2. The molecule has 0 atom stereocenters. The van der Waals surface area contributed by atoms with Crippen LogP contribution in [0.25, 0.3) is 10.4 Å². The zero-order valence-corrected chi connectivity index (χ0v) is 23.2. The van der Waals surface area contributed by atoms with Crippen molar-refractivity contribution in [3.05, 3.63) is 69.6 Å². The Labute approximate surface area is 240 Å². The largest absolute Gasteiger partial charge is 0.480 e. The van der Waals surface area contributed by atoms with Crippen LogP contribution in [0.2, 0.25) is 0 Å². The van der Waals surface area contributed by atoms with Crippen molar-refractivity contribution in [3.8, 4) is 12.3 Å². The van der Waals surface area contributed by atoms with Crippen molar-refractivity contribution >= 4 is 11.9 Å². The number of carboxylic acid groups (broad SMARTS) is 2. The molecule has 2 aromatic rings. The zero-order valence-electron chi connectivity index (χ0n) is 23.2. The van der Waals surface area contributed by atoms with Crippen LogP contribution in [-0.4, -0.2) is 124 Å². The van der Waals surface area contributed by atoms with Gasteiger partial charge in [-0.05, 0) is 36.2 Å². The molecule has 1 aliphatic rings. The summed E-state index contributed by atoms with van der Waals surface area (Å²) in [6, 6.07) is 11.3. The van der Waals surface area contributed by atoms with E-state index in [1.54, 1.807) is 6.07 Å². The van der Waals surface area contributed by atoms with Gasteiger partial charge < -0.3 is 10.2 Å². The molecule has 1 fully saturated rings. The fourth-order valence-corrected chi connectivity index (χ4v) is 4.67.